The van der Waals surface area contributed by atoms with E-state index in [9.17, 15) is 20.1 Å². The van der Waals surface area contributed by atoms with E-state index >= 15 is 0 Å². The quantitative estimate of drug-likeness (QED) is 0.411. The molecule has 1 aliphatic heterocycles. The maximum Gasteiger partial charge on any atom is 0.335 e. The summed E-state index contributed by atoms with van der Waals surface area (Å²) in [7, 11) is 0. The molecule has 7 heteroatoms. The molecule has 1 saturated heterocycles. The molecule has 6 atom stereocenters. The molecule has 0 aromatic rings. The first-order valence-corrected chi connectivity index (χ1v) is 5.79. The first-order chi connectivity index (χ1) is 8.23. The van der Waals surface area contributed by atoms with Gasteiger partial charge in [0.15, 0.2) is 5.60 Å². The summed E-state index contributed by atoms with van der Waals surface area (Å²) in [6, 6.07) is 0. The van der Waals surface area contributed by atoms with E-state index in [2.05, 4.69) is 0 Å². The Hall–Kier alpha value is -0.730. The standard InChI is InChI=1S/C11H20O7/c1-5-6(13)3-11(2,10(16)17)18-9(5)8(15)7(14)4-12/h5-9,12-15H,3-4H2,1-2H3,(H,16,17)/t5-,6-,7-,8-,9?,11?/m1/s1. The van der Waals surface area contributed by atoms with Gasteiger partial charge in [0.05, 0.1) is 18.8 Å². The lowest BCUT2D eigenvalue weighted by atomic mass is 9.81. The van der Waals surface area contributed by atoms with Gasteiger partial charge in [0.2, 0.25) is 0 Å². The van der Waals surface area contributed by atoms with Crippen LogP contribution in [-0.4, -0.2) is 68.1 Å². The van der Waals surface area contributed by atoms with Crippen LogP contribution < -0.4 is 0 Å². The van der Waals surface area contributed by atoms with E-state index in [1.54, 1.807) is 6.92 Å². The van der Waals surface area contributed by atoms with Crippen molar-refractivity contribution in [2.24, 2.45) is 5.92 Å². The smallest absolute Gasteiger partial charge is 0.335 e. The minimum atomic E-state index is -1.62. The van der Waals surface area contributed by atoms with E-state index in [0.29, 0.717) is 0 Å². The highest BCUT2D eigenvalue weighted by Crippen LogP contribution is 2.35. The van der Waals surface area contributed by atoms with E-state index in [0.717, 1.165) is 0 Å². The predicted octanol–water partition coefficient (Wildman–Crippen LogP) is -1.67. The Morgan fingerprint density at radius 1 is 1.50 bits per heavy atom. The van der Waals surface area contributed by atoms with Gasteiger partial charge in [0.1, 0.15) is 12.2 Å². The van der Waals surface area contributed by atoms with Crippen LogP contribution >= 0.6 is 0 Å². The van der Waals surface area contributed by atoms with Crippen LogP contribution in [0.2, 0.25) is 0 Å². The topological polar surface area (TPSA) is 127 Å². The zero-order chi connectivity index (χ0) is 14.1. The van der Waals surface area contributed by atoms with Gasteiger partial charge in [-0.3, -0.25) is 0 Å². The minimum absolute atomic E-state index is 0.0953. The molecule has 1 aliphatic rings. The SMILES string of the molecule is C[C@H]1C([C@H](O)[C@H](O)CO)OC(C)(C(=O)O)C[C@H]1O. The summed E-state index contributed by atoms with van der Waals surface area (Å²) < 4.78 is 5.32. The van der Waals surface area contributed by atoms with Gasteiger partial charge in [-0.25, -0.2) is 4.79 Å². The third kappa shape index (κ3) is 2.81. The number of carbonyl (C=O) groups is 1. The highest BCUT2D eigenvalue weighted by Gasteiger charge is 2.49. The van der Waals surface area contributed by atoms with Crippen molar-refractivity contribution in [3.05, 3.63) is 0 Å². The van der Waals surface area contributed by atoms with E-state index in [1.807, 2.05) is 0 Å². The maximum absolute atomic E-state index is 11.1. The average Bonchev–Trinajstić information content (AvgIpc) is 2.31. The molecule has 0 spiro atoms. The fourth-order valence-electron chi connectivity index (χ4n) is 2.11. The lowest BCUT2D eigenvalue weighted by molar-refractivity contribution is -0.232. The Labute approximate surface area is 105 Å². The summed E-state index contributed by atoms with van der Waals surface area (Å²) in [5.41, 5.74) is -1.62. The molecule has 2 unspecified atom stereocenters. The van der Waals surface area contributed by atoms with Gasteiger partial charge in [0.25, 0.3) is 0 Å². The number of carboxylic acid groups (broad SMARTS) is 1. The van der Waals surface area contributed by atoms with Gasteiger partial charge in [-0.05, 0) is 6.92 Å². The predicted molar refractivity (Wildman–Crippen MR) is 59.8 cm³/mol. The number of rotatable bonds is 4. The molecule has 1 rings (SSSR count). The van der Waals surface area contributed by atoms with Crippen molar-refractivity contribution in [1.29, 1.82) is 0 Å². The van der Waals surface area contributed by atoms with Crippen molar-refractivity contribution < 1.29 is 35.1 Å². The Morgan fingerprint density at radius 3 is 2.50 bits per heavy atom. The molecular weight excluding hydrogens is 244 g/mol. The van der Waals surface area contributed by atoms with Crippen molar-refractivity contribution in [1.82, 2.24) is 0 Å². The number of aliphatic hydroxyl groups excluding tert-OH is 4. The Bertz CT molecular complexity index is 308. The number of hydrogen-bond acceptors (Lipinski definition) is 6. The lowest BCUT2D eigenvalue weighted by Crippen LogP contribution is -2.59. The molecule has 1 heterocycles. The first-order valence-electron chi connectivity index (χ1n) is 5.79. The summed E-state index contributed by atoms with van der Waals surface area (Å²) in [6.45, 7) is 2.22. The van der Waals surface area contributed by atoms with Crippen molar-refractivity contribution in [2.75, 3.05) is 6.61 Å². The van der Waals surface area contributed by atoms with Crippen LogP contribution in [0, 0.1) is 5.92 Å². The molecule has 0 amide bonds. The largest absolute Gasteiger partial charge is 0.479 e. The fraction of sp³-hybridized carbons (Fsp3) is 0.909. The van der Waals surface area contributed by atoms with Gasteiger partial charge in [0, 0.05) is 12.3 Å². The van der Waals surface area contributed by atoms with E-state index in [-0.39, 0.29) is 6.42 Å². The Kier molecular flexibility index (Phi) is 4.68. The van der Waals surface area contributed by atoms with Gasteiger partial charge in [-0.2, -0.15) is 0 Å². The third-order valence-corrected chi connectivity index (χ3v) is 3.49. The molecule has 0 aromatic heterocycles. The second kappa shape index (κ2) is 5.50. The van der Waals surface area contributed by atoms with Crippen LogP contribution in [0.3, 0.4) is 0 Å². The maximum atomic E-state index is 11.1. The second-order valence-corrected chi connectivity index (χ2v) is 4.99. The number of carboxylic acids is 1. The molecule has 0 aliphatic carbocycles. The number of aliphatic hydroxyl groups is 4. The monoisotopic (exact) mass is 264 g/mol. The van der Waals surface area contributed by atoms with Gasteiger partial charge < -0.3 is 30.3 Å². The van der Waals surface area contributed by atoms with E-state index in [1.165, 1.54) is 6.92 Å². The number of aliphatic carboxylic acids is 1. The van der Waals surface area contributed by atoms with Crippen molar-refractivity contribution in [3.8, 4) is 0 Å². The summed E-state index contributed by atoms with van der Waals surface area (Å²) in [5.74, 6) is -1.79. The summed E-state index contributed by atoms with van der Waals surface area (Å²) >= 11 is 0. The third-order valence-electron chi connectivity index (χ3n) is 3.49. The molecule has 7 nitrogen and oxygen atoms in total. The van der Waals surface area contributed by atoms with Crippen molar-refractivity contribution in [2.45, 2.75) is 50.3 Å². The molecule has 0 radical (unpaired) electrons. The van der Waals surface area contributed by atoms with Crippen LogP contribution in [0.1, 0.15) is 20.3 Å². The molecule has 0 bridgehead atoms. The molecule has 0 aromatic carbocycles. The van der Waals surface area contributed by atoms with Crippen molar-refractivity contribution >= 4 is 5.97 Å². The molecule has 18 heavy (non-hydrogen) atoms. The molecule has 1 fully saturated rings. The average molecular weight is 264 g/mol. The van der Waals surface area contributed by atoms with Gasteiger partial charge >= 0.3 is 5.97 Å². The first kappa shape index (κ1) is 15.3. The zero-order valence-corrected chi connectivity index (χ0v) is 10.4. The molecule has 106 valence electrons. The van der Waals surface area contributed by atoms with Crippen LogP contribution in [0.25, 0.3) is 0 Å². The zero-order valence-electron chi connectivity index (χ0n) is 10.4. The molecular formula is C11H20O7. The highest BCUT2D eigenvalue weighted by molar-refractivity contribution is 5.77. The van der Waals surface area contributed by atoms with E-state index in [4.69, 9.17) is 14.9 Å². The van der Waals surface area contributed by atoms with Crippen LogP contribution in [0.15, 0.2) is 0 Å². The second-order valence-electron chi connectivity index (χ2n) is 4.99. The van der Waals surface area contributed by atoms with E-state index < -0.39 is 48.5 Å². The minimum Gasteiger partial charge on any atom is -0.479 e. The molecule has 5 N–H and O–H groups in total. The van der Waals surface area contributed by atoms with Gasteiger partial charge in [-0.1, -0.05) is 6.92 Å². The van der Waals surface area contributed by atoms with Crippen LogP contribution in [0.5, 0.6) is 0 Å². The lowest BCUT2D eigenvalue weighted by Gasteiger charge is -2.44. The highest BCUT2D eigenvalue weighted by atomic mass is 16.6. The van der Waals surface area contributed by atoms with Crippen LogP contribution in [-0.2, 0) is 9.53 Å². The van der Waals surface area contributed by atoms with Gasteiger partial charge in [-0.15, -0.1) is 0 Å². The Morgan fingerprint density at radius 2 is 2.06 bits per heavy atom. The van der Waals surface area contributed by atoms with Crippen molar-refractivity contribution in [3.63, 3.8) is 0 Å². The summed E-state index contributed by atoms with van der Waals surface area (Å²) in [6.07, 6.45) is -5.02. The summed E-state index contributed by atoms with van der Waals surface area (Å²) in [4.78, 5) is 11.1. The summed E-state index contributed by atoms with van der Waals surface area (Å²) in [5, 5.41) is 46.9. The van der Waals surface area contributed by atoms with Crippen LogP contribution in [0.4, 0.5) is 0 Å². The Balaban J connectivity index is 2.92. The number of ether oxygens (including phenoxy) is 1. The fourth-order valence-corrected chi connectivity index (χ4v) is 2.11. The number of hydrogen-bond donors (Lipinski definition) is 5. The normalized spacial score (nSPS) is 40.2. The molecule has 0 saturated carbocycles.